The minimum absolute atomic E-state index is 0.236. The van der Waals surface area contributed by atoms with E-state index in [-0.39, 0.29) is 11.9 Å². The summed E-state index contributed by atoms with van der Waals surface area (Å²) in [6, 6.07) is 6.39. The van der Waals surface area contributed by atoms with Gasteiger partial charge in [0.1, 0.15) is 5.82 Å². The van der Waals surface area contributed by atoms with E-state index in [0.29, 0.717) is 4.47 Å². The molecule has 0 radical (unpaired) electrons. The first kappa shape index (κ1) is 13.2. The molecule has 0 aliphatic heterocycles. The predicted molar refractivity (Wildman–Crippen MR) is 76.9 cm³/mol. The molecule has 0 aliphatic rings. The SMILES string of the molecule is Cc1cc(C(N)c2ccc(F)cc2Br)sc1Br. The van der Waals surface area contributed by atoms with Crippen molar-refractivity contribution in [2.45, 2.75) is 13.0 Å². The largest absolute Gasteiger partial charge is 0.320 e. The van der Waals surface area contributed by atoms with Crippen LogP contribution in [0.1, 0.15) is 22.0 Å². The van der Waals surface area contributed by atoms with Gasteiger partial charge in [0, 0.05) is 9.35 Å². The molecule has 0 amide bonds. The molecule has 1 aromatic carbocycles. The van der Waals surface area contributed by atoms with Crippen LogP contribution in [0, 0.1) is 12.7 Å². The monoisotopic (exact) mass is 377 g/mol. The second-order valence-corrected chi connectivity index (χ2v) is 7.01. The van der Waals surface area contributed by atoms with Crippen LogP contribution in [0.15, 0.2) is 32.5 Å². The van der Waals surface area contributed by atoms with Gasteiger partial charge in [-0.1, -0.05) is 22.0 Å². The van der Waals surface area contributed by atoms with Crippen LogP contribution in [0.25, 0.3) is 0 Å². The molecule has 1 heterocycles. The van der Waals surface area contributed by atoms with Gasteiger partial charge in [-0.25, -0.2) is 4.39 Å². The van der Waals surface area contributed by atoms with E-state index in [0.717, 1.165) is 14.2 Å². The Bertz CT molecular complexity index is 534. The first-order valence-corrected chi connectivity index (χ1v) is 7.35. The Morgan fingerprint density at radius 2 is 2.00 bits per heavy atom. The van der Waals surface area contributed by atoms with Gasteiger partial charge in [0.25, 0.3) is 0 Å². The van der Waals surface area contributed by atoms with E-state index in [1.54, 1.807) is 17.4 Å². The number of thiophene rings is 1. The summed E-state index contributed by atoms with van der Waals surface area (Å²) in [5.74, 6) is -0.267. The van der Waals surface area contributed by atoms with Crippen LogP contribution in [0.3, 0.4) is 0 Å². The molecule has 2 rings (SSSR count). The molecule has 5 heteroatoms. The molecule has 1 unspecified atom stereocenters. The third kappa shape index (κ3) is 2.78. The van der Waals surface area contributed by atoms with Gasteiger partial charge in [0.05, 0.1) is 9.83 Å². The molecule has 17 heavy (non-hydrogen) atoms. The highest BCUT2D eigenvalue weighted by Crippen LogP contribution is 2.35. The third-order valence-corrected chi connectivity index (χ3v) is 5.39. The number of hydrogen-bond acceptors (Lipinski definition) is 2. The van der Waals surface area contributed by atoms with Gasteiger partial charge in [-0.3, -0.25) is 0 Å². The highest BCUT2D eigenvalue weighted by Gasteiger charge is 2.16. The van der Waals surface area contributed by atoms with Crippen LogP contribution in [0.5, 0.6) is 0 Å². The Morgan fingerprint density at radius 1 is 1.29 bits per heavy atom. The fourth-order valence-electron chi connectivity index (χ4n) is 1.54. The van der Waals surface area contributed by atoms with E-state index in [1.165, 1.54) is 17.7 Å². The van der Waals surface area contributed by atoms with Crippen molar-refractivity contribution in [3.63, 3.8) is 0 Å². The van der Waals surface area contributed by atoms with E-state index >= 15 is 0 Å². The fourth-order valence-corrected chi connectivity index (χ4v) is 3.73. The van der Waals surface area contributed by atoms with Crippen LogP contribution >= 0.6 is 43.2 Å². The predicted octanol–water partition coefficient (Wildman–Crippen LogP) is 4.77. The topological polar surface area (TPSA) is 26.0 Å². The van der Waals surface area contributed by atoms with Crippen molar-refractivity contribution in [3.05, 3.63) is 54.3 Å². The Morgan fingerprint density at radius 3 is 2.53 bits per heavy atom. The maximum Gasteiger partial charge on any atom is 0.124 e. The molecule has 90 valence electrons. The lowest BCUT2D eigenvalue weighted by Crippen LogP contribution is -2.11. The summed E-state index contributed by atoms with van der Waals surface area (Å²) in [7, 11) is 0. The van der Waals surface area contributed by atoms with Crippen LogP contribution < -0.4 is 5.73 Å². The van der Waals surface area contributed by atoms with Gasteiger partial charge in [-0.15, -0.1) is 11.3 Å². The Kier molecular flexibility index (Phi) is 4.02. The minimum atomic E-state index is -0.267. The Balaban J connectivity index is 2.39. The van der Waals surface area contributed by atoms with Crippen molar-refractivity contribution in [2.24, 2.45) is 5.73 Å². The third-order valence-electron chi connectivity index (χ3n) is 2.48. The number of aryl methyl sites for hydroxylation is 1. The van der Waals surface area contributed by atoms with Crippen LogP contribution in [0.2, 0.25) is 0 Å². The summed E-state index contributed by atoms with van der Waals surface area (Å²) in [4.78, 5) is 1.06. The average molecular weight is 379 g/mol. The molecular formula is C12H10Br2FNS. The van der Waals surface area contributed by atoms with Gasteiger partial charge in [-0.05, 0) is 52.2 Å². The quantitative estimate of drug-likeness (QED) is 0.800. The number of halogens is 3. The maximum atomic E-state index is 13.0. The van der Waals surface area contributed by atoms with Gasteiger partial charge < -0.3 is 5.73 Å². The highest BCUT2D eigenvalue weighted by atomic mass is 79.9. The van der Waals surface area contributed by atoms with Crippen molar-refractivity contribution in [2.75, 3.05) is 0 Å². The molecule has 0 aliphatic carbocycles. The second-order valence-electron chi connectivity index (χ2n) is 3.75. The van der Waals surface area contributed by atoms with Gasteiger partial charge in [0.2, 0.25) is 0 Å². The van der Waals surface area contributed by atoms with Crippen molar-refractivity contribution in [3.8, 4) is 0 Å². The van der Waals surface area contributed by atoms with Crippen LogP contribution in [0.4, 0.5) is 4.39 Å². The fraction of sp³-hybridized carbons (Fsp3) is 0.167. The minimum Gasteiger partial charge on any atom is -0.320 e. The molecular weight excluding hydrogens is 369 g/mol. The lowest BCUT2D eigenvalue weighted by molar-refractivity contribution is 0.625. The zero-order valence-corrected chi connectivity index (χ0v) is 13.0. The van der Waals surface area contributed by atoms with Crippen molar-refractivity contribution < 1.29 is 4.39 Å². The summed E-state index contributed by atoms with van der Waals surface area (Å²) in [6.45, 7) is 2.02. The van der Waals surface area contributed by atoms with Crippen molar-refractivity contribution >= 4 is 43.2 Å². The number of nitrogens with two attached hydrogens (primary N) is 1. The van der Waals surface area contributed by atoms with E-state index in [4.69, 9.17) is 5.73 Å². The van der Waals surface area contributed by atoms with Gasteiger partial charge in [-0.2, -0.15) is 0 Å². The highest BCUT2D eigenvalue weighted by molar-refractivity contribution is 9.11. The molecule has 2 aromatic rings. The summed E-state index contributed by atoms with van der Waals surface area (Å²) in [5.41, 5.74) is 8.24. The zero-order valence-electron chi connectivity index (χ0n) is 9.01. The summed E-state index contributed by atoms with van der Waals surface area (Å²) in [6.07, 6.45) is 0. The van der Waals surface area contributed by atoms with E-state index in [1.807, 2.05) is 6.92 Å². The Labute approximate surface area is 120 Å². The smallest absolute Gasteiger partial charge is 0.124 e. The van der Waals surface area contributed by atoms with E-state index in [9.17, 15) is 4.39 Å². The molecule has 1 aromatic heterocycles. The molecule has 0 spiro atoms. The molecule has 2 N–H and O–H groups in total. The van der Waals surface area contributed by atoms with Crippen LogP contribution in [-0.2, 0) is 0 Å². The molecule has 0 saturated carbocycles. The lowest BCUT2D eigenvalue weighted by atomic mass is 10.1. The normalized spacial score (nSPS) is 12.8. The average Bonchev–Trinajstić information content (AvgIpc) is 2.58. The van der Waals surface area contributed by atoms with Crippen molar-refractivity contribution in [1.29, 1.82) is 0 Å². The van der Waals surface area contributed by atoms with Crippen molar-refractivity contribution in [1.82, 2.24) is 0 Å². The Hall–Kier alpha value is -0.230. The number of rotatable bonds is 2. The summed E-state index contributed by atoms with van der Waals surface area (Å²) < 4.78 is 14.8. The zero-order chi connectivity index (χ0) is 12.6. The summed E-state index contributed by atoms with van der Waals surface area (Å²) in [5, 5.41) is 0. The lowest BCUT2D eigenvalue weighted by Gasteiger charge is -2.12. The molecule has 1 atom stereocenters. The van der Waals surface area contributed by atoms with Crippen LogP contribution in [-0.4, -0.2) is 0 Å². The van der Waals surface area contributed by atoms with E-state index in [2.05, 4.69) is 37.9 Å². The molecule has 1 nitrogen and oxygen atoms in total. The first-order valence-electron chi connectivity index (χ1n) is 4.95. The molecule has 0 fully saturated rings. The molecule has 0 saturated heterocycles. The maximum absolute atomic E-state index is 13.0. The standard InChI is InChI=1S/C12H10Br2FNS/c1-6-4-10(17-12(6)14)11(16)8-3-2-7(15)5-9(8)13/h2-5,11H,16H2,1H3. The first-order chi connectivity index (χ1) is 7.99. The van der Waals surface area contributed by atoms with Gasteiger partial charge in [0.15, 0.2) is 0 Å². The summed E-state index contributed by atoms with van der Waals surface area (Å²) >= 11 is 8.43. The van der Waals surface area contributed by atoms with Gasteiger partial charge >= 0.3 is 0 Å². The molecule has 0 bridgehead atoms. The number of benzene rings is 1. The van der Waals surface area contributed by atoms with E-state index < -0.39 is 0 Å². The second kappa shape index (κ2) is 5.18. The number of hydrogen-bond donors (Lipinski definition) is 1.